The van der Waals surface area contributed by atoms with Crippen molar-refractivity contribution in [1.82, 2.24) is 9.55 Å². The van der Waals surface area contributed by atoms with Gasteiger partial charge in [-0.2, -0.15) is 0 Å². The van der Waals surface area contributed by atoms with E-state index in [-0.39, 0.29) is 17.6 Å². The van der Waals surface area contributed by atoms with Crippen LogP contribution in [0.3, 0.4) is 0 Å². The standard InChI is InChI=1S/C39H33N3O2/c1-23-18-31-33(42-36-28(29-13-9-17-40-37(29)42)12-7-14-30(36)39(31,2)3)22-35(23)43-27-20-25(24-10-5-4-6-11-24)19-26(21-27)38-41-32-15-8-16-34(32)44-38/h4-7,9-14,17-22,32,34H,8,15-16H2,1-3H3/t32-,34+/m1/s1. The molecular formula is C39H33N3O2. The molecule has 1 saturated carbocycles. The third-order valence-electron chi connectivity index (χ3n) is 9.88. The summed E-state index contributed by atoms with van der Waals surface area (Å²) >= 11 is 0. The van der Waals surface area contributed by atoms with Gasteiger partial charge in [0.1, 0.15) is 23.3 Å². The Labute approximate surface area is 256 Å². The summed E-state index contributed by atoms with van der Waals surface area (Å²) in [6.45, 7) is 6.78. The summed E-state index contributed by atoms with van der Waals surface area (Å²) in [6.07, 6.45) is 5.44. The lowest BCUT2D eigenvalue weighted by Gasteiger charge is -2.35. The van der Waals surface area contributed by atoms with Crippen molar-refractivity contribution in [2.45, 2.75) is 57.6 Å². The molecule has 6 aromatic rings. The maximum Gasteiger partial charge on any atom is 0.216 e. The van der Waals surface area contributed by atoms with Crippen LogP contribution in [0.2, 0.25) is 0 Å². The number of aromatic nitrogens is 2. The van der Waals surface area contributed by atoms with Gasteiger partial charge in [0.05, 0.1) is 17.2 Å². The highest BCUT2D eigenvalue weighted by Gasteiger charge is 2.37. The third kappa shape index (κ3) is 3.71. The van der Waals surface area contributed by atoms with E-state index in [4.69, 9.17) is 19.5 Å². The summed E-state index contributed by atoms with van der Waals surface area (Å²) in [5, 5.41) is 2.40. The van der Waals surface area contributed by atoms with Crippen LogP contribution < -0.4 is 4.74 Å². The van der Waals surface area contributed by atoms with Crippen molar-refractivity contribution in [3.05, 3.63) is 119 Å². The van der Waals surface area contributed by atoms with Crippen LogP contribution in [0.1, 0.15) is 55.4 Å². The van der Waals surface area contributed by atoms with Crippen LogP contribution in [0.25, 0.3) is 38.8 Å². The lowest BCUT2D eigenvalue weighted by molar-refractivity contribution is 0.211. The minimum atomic E-state index is -0.182. The normalized spacial score (nSPS) is 19.5. The molecule has 2 atom stereocenters. The van der Waals surface area contributed by atoms with Crippen LogP contribution >= 0.6 is 0 Å². The quantitative estimate of drug-likeness (QED) is 0.210. The summed E-state index contributed by atoms with van der Waals surface area (Å²) in [5.41, 5.74) is 9.97. The van der Waals surface area contributed by atoms with Gasteiger partial charge in [0, 0.05) is 34.0 Å². The topological polar surface area (TPSA) is 48.6 Å². The van der Waals surface area contributed by atoms with Crippen molar-refractivity contribution in [3.8, 4) is 28.3 Å². The smallest absolute Gasteiger partial charge is 0.216 e. The van der Waals surface area contributed by atoms with Gasteiger partial charge in [-0.05, 0) is 90.4 Å². The zero-order valence-corrected chi connectivity index (χ0v) is 25.2. The Morgan fingerprint density at radius 3 is 2.52 bits per heavy atom. The van der Waals surface area contributed by atoms with Gasteiger partial charge in [-0.3, -0.25) is 4.57 Å². The molecule has 0 radical (unpaired) electrons. The van der Waals surface area contributed by atoms with Gasteiger partial charge in [0.25, 0.3) is 0 Å². The molecule has 0 unspecified atom stereocenters. The van der Waals surface area contributed by atoms with Crippen LogP contribution in [0.5, 0.6) is 11.5 Å². The number of fused-ring (bicyclic) bond motifs is 6. The van der Waals surface area contributed by atoms with E-state index < -0.39 is 0 Å². The maximum atomic E-state index is 6.83. The molecule has 5 heteroatoms. The van der Waals surface area contributed by atoms with Gasteiger partial charge in [0.2, 0.25) is 5.90 Å². The average molecular weight is 576 g/mol. The first-order valence-electron chi connectivity index (χ1n) is 15.6. The fraction of sp³-hybridized carbons (Fsp3) is 0.231. The summed E-state index contributed by atoms with van der Waals surface area (Å²) < 4.78 is 15.5. The van der Waals surface area contributed by atoms with Crippen LogP contribution in [0, 0.1) is 6.92 Å². The van der Waals surface area contributed by atoms with Crippen molar-refractivity contribution in [1.29, 1.82) is 0 Å². The molecule has 0 amide bonds. The number of aliphatic imine (C=N–C) groups is 1. The van der Waals surface area contributed by atoms with E-state index in [0.29, 0.717) is 0 Å². The predicted molar refractivity (Wildman–Crippen MR) is 176 cm³/mol. The number of aryl methyl sites for hydroxylation is 1. The molecule has 9 rings (SSSR count). The Bertz CT molecular complexity index is 2160. The van der Waals surface area contributed by atoms with E-state index in [1.165, 1.54) is 33.8 Å². The molecule has 4 aromatic carbocycles. The van der Waals surface area contributed by atoms with E-state index in [2.05, 4.69) is 104 Å². The van der Waals surface area contributed by atoms with Gasteiger partial charge in [0.15, 0.2) is 0 Å². The van der Waals surface area contributed by atoms with Gasteiger partial charge in [-0.15, -0.1) is 0 Å². The molecule has 0 saturated heterocycles. The van der Waals surface area contributed by atoms with Gasteiger partial charge in [-0.1, -0.05) is 62.4 Å². The number of benzene rings is 4. The fourth-order valence-corrected chi connectivity index (χ4v) is 7.61. The molecule has 4 heterocycles. The number of nitrogens with zero attached hydrogens (tertiary/aromatic N) is 3. The second kappa shape index (κ2) is 9.30. The van der Waals surface area contributed by atoms with Gasteiger partial charge < -0.3 is 9.47 Å². The fourth-order valence-electron chi connectivity index (χ4n) is 7.61. The van der Waals surface area contributed by atoms with E-state index in [1.807, 2.05) is 18.3 Å². The molecule has 0 spiro atoms. The molecule has 3 aliphatic rings. The molecule has 216 valence electrons. The van der Waals surface area contributed by atoms with Crippen molar-refractivity contribution >= 4 is 27.8 Å². The number of para-hydroxylation sites is 1. The predicted octanol–water partition coefficient (Wildman–Crippen LogP) is 9.28. The molecule has 5 nitrogen and oxygen atoms in total. The van der Waals surface area contributed by atoms with Crippen LogP contribution in [0.4, 0.5) is 0 Å². The molecule has 2 aliphatic heterocycles. The first-order valence-corrected chi connectivity index (χ1v) is 15.6. The van der Waals surface area contributed by atoms with E-state index in [0.717, 1.165) is 63.8 Å². The molecule has 2 aromatic heterocycles. The minimum absolute atomic E-state index is 0.182. The lowest BCUT2D eigenvalue weighted by Crippen LogP contribution is -2.26. The summed E-state index contributed by atoms with van der Waals surface area (Å²) in [7, 11) is 0. The van der Waals surface area contributed by atoms with Crippen LogP contribution in [-0.4, -0.2) is 27.6 Å². The zero-order valence-electron chi connectivity index (χ0n) is 25.2. The van der Waals surface area contributed by atoms with Gasteiger partial charge >= 0.3 is 0 Å². The molecular weight excluding hydrogens is 542 g/mol. The Balaban J connectivity index is 1.21. The molecule has 0 N–H and O–H groups in total. The summed E-state index contributed by atoms with van der Waals surface area (Å²) in [4.78, 5) is 9.86. The molecule has 1 aliphatic carbocycles. The summed E-state index contributed by atoms with van der Waals surface area (Å²) in [6, 6.07) is 32.5. The first-order chi connectivity index (χ1) is 21.5. The van der Waals surface area contributed by atoms with Crippen molar-refractivity contribution < 1.29 is 9.47 Å². The Morgan fingerprint density at radius 1 is 0.818 bits per heavy atom. The highest BCUT2D eigenvalue weighted by molar-refractivity contribution is 6.10. The number of pyridine rings is 1. The number of hydrogen-bond acceptors (Lipinski definition) is 4. The van der Waals surface area contributed by atoms with Crippen LogP contribution in [-0.2, 0) is 10.2 Å². The number of rotatable bonds is 4. The highest BCUT2D eigenvalue weighted by atomic mass is 16.5. The third-order valence-corrected chi connectivity index (χ3v) is 9.88. The summed E-state index contributed by atoms with van der Waals surface area (Å²) in [5.74, 6) is 2.33. The largest absolute Gasteiger partial charge is 0.472 e. The first kappa shape index (κ1) is 25.6. The van der Waals surface area contributed by atoms with Crippen LogP contribution in [0.15, 0.2) is 102 Å². The number of ether oxygens (including phenoxy) is 2. The average Bonchev–Trinajstić information content (AvgIpc) is 3.74. The monoisotopic (exact) mass is 575 g/mol. The zero-order chi connectivity index (χ0) is 29.6. The SMILES string of the molecule is Cc1cc2c(cc1Oc1cc(C3=N[C@@H]4CCC[C@@H]4O3)cc(-c3ccccc3)c1)-n1c3ncccc3c3cccc(c31)C2(C)C. The van der Waals surface area contributed by atoms with E-state index in [1.54, 1.807) is 0 Å². The van der Waals surface area contributed by atoms with E-state index >= 15 is 0 Å². The van der Waals surface area contributed by atoms with E-state index in [9.17, 15) is 0 Å². The van der Waals surface area contributed by atoms with Crippen molar-refractivity contribution in [3.63, 3.8) is 0 Å². The molecule has 44 heavy (non-hydrogen) atoms. The Morgan fingerprint density at radius 2 is 1.66 bits per heavy atom. The second-order valence-corrected chi connectivity index (χ2v) is 13.0. The lowest BCUT2D eigenvalue weighted by atomic mass is 9.74. The van der Waals surface area contributed by atoms with Crippen molar-refractivity contribution in [2.24, 2.45) is 4.99 Å². The Hall–Kier alpha value is -4.90. The minimum Gasteiger partial charge on any atom is -0.472 e. The second-order valence-electron chi connectivity index (χ2n) is 13.0. The Kier molecular flexibility index (Phi) is 5.41. The number of hydrogen-bond donors (Lipinski definition) is 0. The molecule has 1 fully saturated rings. The highest BCUT2D eigenvalue weighted by Crippen LogP contribution is 2.49. The van der Waals surface area contributed by atoms with Gasteiger partial charge in [-0.25, -0.2) is 9.98 Å². The van der Waals surface area contributed by atoms with Crippen molar-refractivity contribution in [2.75, 3.05) is 0 Å². The maximum absolute atomic E-state index is 6.83. The molecule has 0 bridgehead atoms.